The topological polar surface area (TPSA) is 106 Å². The zero-order valence-corrected chi connectivity index (χ0v) is 20.6. The molecule has 194 valence electrons. The number of aromatic nitrogens is 3. The summed E-state index contributed by atoms with van der Waals surface area (Å²) in [5.74, 6) is -0.388. The lowest BCUT2D eigenvalue weighted by Gasteiger charge is -2.44. The first-order chi connectivity index (χ1) is 17.0. The number of pyridine rings is 1. The zero-order valence-electron chi connectivity index (χ0n) is 19.8. The van der Waals surface area contributed by atoms with Crippen molar-refractivity contribution in [2.24, 2.45) is 5.92 Å². The molecule has 1 aromatic carbocycles. The van der Waals surface area contributed by atoms with E-state index in [0.717, 1.165) is 66.5 Å². The fraction of sp³-hybridized carbons (Fsp3) is 0.417. The fourth-order valence-electron chi connectivity index (χ4n) is 5.29. The summed E-state index contributed by atoms with van der Waals surface area (Å²) in [6.45, 7) is 1.59. The van der Waals surface area contributed by atoms with E-state index < -0.39 is 37.5 Å². The average molecular weight is 525 g/mol. The summed E-state index contributed by atoms with van der Waals surface area (Å²) in [7, 11) is -3.81. The Kier molecular flexibility index (Phi) is 6.78. The maximum absolute atomic E-state index is 13.9. The standard InChI is InChI=1S/C24H27F3N4O4S/c1-16-21(32)30(19-8-10-20(11-9-19)36(34,35)24(25,26)27)22(33)31(16)23(28-2,17-6-4-3-5-7-17)18-12-14-29-15-13-18/h8-15,17,28,32H,3-7H2,1-2H3. The molecule has 0 radical (unpaired) electrons. The van der Waals surface area contributed by atoms with E-state index in [1.807, 2.05) is 12.1 Å². The summed E-state index contributed by atoms with van der Waals surface area (Å²) >= 11 is 0. The molecule has 1 saturated carbocycles. The van der Waals surface area contributed by atoms with Crippen molar-refractivity contribution in [2.45, 2.75) is 55.1 Å². The van der Waals surface area contributed by atoms with E-state index in [4.69, 9.17) is 0 Å². The van der Waals surface area contributed by atoms with Gasteiger partial charge in [0.15, 0.2) is 0 Å². The molecule has 2 heterocycles. The summed E-state index contributed by atoms with van der Waals surface area (Å²) < 4.78 is 64.7. The molecule has 12 heteroatoms. The van der Waals surface area contributed by atoms with Crippen molar-refractivity contribution in [3.63, 3.8) is 0 Å². The number of nitrogens with zero attached hydrogens (tertiary/aromatic N) is 3. The van der Waals surface area contributed by atoms with Gasteiger partial charge in [-0.05, 0) is 68.8 Å². The van der Waals surface area contributed by atoms with Crippen LogP contribution >= 0.6 is 0 Å². The van der Waals surface area contributed by atoms with Crippen LogP contribution in [-0.2, 0) is 15.5 Å². The van der Waals surface area contributed by atoms with E-state index in [0.29, 0.717) is 0 Å². The van der Waals surface area contributed by atoms with Crippen LogP contribution in [0.2, 0.25) is 0 Å². The van der Waals surface area contributed by atoms with Gasteiger partial charge in [-0.1, -0.05) is 19.3 Å². The van der Waals surface area contributed by atoms with Gasteiger partial charge in [0.2, 0.25) is 5.88 Å². The molecule has 1 aliphatic rings. The zero-order chi connectivity index (χ0) is 26.3. The molecule has 3 aromatic rings. The molecule has 0 aliphatic heterocycles. The highest BCUT2D eigenvalue weighted by Crippen LogP contribution is 2.41. The number of hydrogen-bond donors (Lipinski definition) is 2. The minimum atomic E-state index is -5.55. The van der Waals surface area contributed by atoms with Crippen molar-refractivity contribution in [1.82, 2.24) is 19.4 Å². The summed E-state index contributed by atoms with van der Waals surface area (Å²) in [5, 5.41) is 14.4. The Morgan fingerprint density at radius 1 is 1.03 bits per heavy atom. The van der Waals surface area contributed by atoms with Gasteiger partial charge in [-0.25, -0.2) is 17.8 Å². The average Bonchev–Trinajstić information content (AvgIpc) is 3.09. The first kappa shape index (κ1) is 26.0. The number of nitrogens with one attached hydrogen (secondary N) is 1. The third-order valence-corrected chi connectivity index (χ3v) is 8.52. The molecule has 1 atom stereocenters. The van der Waals surface area contributed by atoms with Gasteiger partial charge in [-0.2, -0.15) is 13.2 Å². The molecular formula is C24H27F3N4O4S. The van der Waals surface area contributed by atoms with Crippen molar-refractivity contribution in [3.05, 3.63) is 70.5 Å². The second-order valence-electron chi connectivity index (χ2n) is 8.89. The molecule has 1 aliphatic carbocycles. The minimum absolute atomic E-state index is 0.00426. The molecule has 1 unspecified atom stereocenters. The number of rotatable bonds is 6. The van der Waals surface area contributed by atoms with Crippen LogP contribution in [0.3, 0.4) is 0 Å². The van der Waals surface area contributed by atoms with E-state index in [-0.39, 0.29) is 17.3 Å². The molecule has 0 saturated heterocycles. The maximum Gasteiger partial charge on any atom is 0.501 e. The number of hydrogen-bond acceptors (Lipinski definition) is 6. The lowest BCUT2D eigenvalue weighted by Crippen LogP contribution is -2.57. The van der Waals surface area contributed by atoms with Gasteiger partial charge < -0.3 is 5.11 Å². The van der Waals surface area contributed by atoms with E-state index >= 15 is 0 Å². The second-order valence-corrected chi connectivity index (χ2v) is 10.8. The Bertz CT molecular complexity index is 1390. The highest BCUT2D eigenvalue weighted by molar-refractivity contribution is 7.92. The number of aromatic hydroxyl groups is 1. The van der Waals surface area contributed by atoms with Crippen LogP contribution in [0, 0.1) is 12.8 Å². The summed E-state index contributed by atoms with van der Waals surface area (Å²) in [4.78, 5) is 17.0. The molecule has 0 spiro atoms. The maximum atomic E-state index is 13.9. The normalized spacial score (nSPS) is 17.1. The smallest absolute Gasteiger partial charge is 0.493 e. The Balaban J connectivity index is 1.91. The number of imidazole rings is 1. The first-order valence-corrected chi connectivity index (χ1v) is 13.0. The van der Waals surface area contributed by atoms with Crippen LogP contribution in [0.15, 0.2) is 58.5 Å². The van der Waals surface area contributed by atoms with Crippen LogP contribution in [0.5, 0.6) is 5.88 Å². The Labute approximate surface area is 206 Å². The van der Waals surface area contributed by atoms with Crippen LogP contribution in [0.1, 0.15) is 43.4 Å². The van der Waals surface area contributed by atoms with Gasteiger partial charge >= 0.3 is 11.2 Å². The SMILES string of the molecule is CNC(c1ccncc1)(C1CCCCC1)n1c(C)c(O)n(-c2ccc(S(=O)(=O)C(F)(F)F)cc2)c1=O. The molecule has 36 heavy (non-hydrogen) atoms. The van der Waals surface area contributed by atoms with Crippen LogP contribution in [0.4, 0.5) is 13.2 Å². The van der Waals surface area contributed by atoms with E-state index in [1.165, 1.54) is 4.57 Å². The van der Waals surface area contributed by atoms with Crippen molar-refractivity contribution in [2.75, 3.05) is 7.05 Å². The predicted octanol–water partition coefficient (Wildman–Crippen LogP) is 3.84. The Hall–Kier alpha value is -3.12. The Morgan fingerprint density at radius 3 is 2.14 bits per heavy atom. The van der Waals surface area contributed by atoms with Crippen molar-refractivity contribution < 1.29 is 26.7 Å². The molecule has 2 N–H and O–H groups in total. The van der Waals surface area contributed by atoms with E-state index in [9.17, 15) is 31.5 Å². The largest absolute Gasteiger partial charge is 0.501 e. The van der Waals surface area contributed by atoms with Crippen LogP contribution < -0.4 is 11.0 Å². The fourth-order valence-corrected chi connectivity index (χ4v) is 6.05. The predicted molar refractivity (Wildman–Crippen MR) is 127 cm³/mol. The first-order valence-electron chi connectivity index (χ1n) is 11.5. The molecule has 2 aromatic heterocycles. The number of halogens is 3. The third kappa shape index (κ3) is 4.01. The quantitative estimate of drug-likeness (QED) is 0.508. The van der Waals surface area contributed by atoms with Gasteiger partial charge in [0, 0.05) is 18.3 Å². The lowest BCUT2D eigenvalue weighted by molar-refractivity contribution is -0.0436. The number of benzene rings is 1. The molecule has 1 fully saturated rings. The molecule has 4 rings (SSSR count). The summed E-state index contributed by atoms with van der Waals surface area (Å²) in [6.07, 6.45) is 7.97. The second kappa shape index (κ2) is 9.40. The summed E-state index contributed by atoms with van der Waals surface area (Å²) in [6, 6.07) is 7.29. The monoisotopic (exact) mass is 524 g/mol. The third-order valence-electron chi connectivity index (χ3n) is 7.01. The van der Waals surface area contributed by atoms with Gasteiger partial charge in [0.05, 0.1) is 16.3 Å². The van der Waals surface area contributed by atoms with Gasteiger partial charge in [0.1, 0.15) is 5.66 Å². The van der Waals surface area contributed by atoms with E-state index in [2.05, 4.69) is 10.3 Å². The van der Waals surface area contributed by atoms with Crippen LogP contribution in [0.25, 0.3) is 5.69 Å². The van der Waals surface area contributed by atoms with Gasteiger partial charge in [-0.3, -0.25) is 14.9 Å². The van der Waals surface area contributed by atoms with Gasteiger partial charge in [-0.15, -0.1) is 0 Å². The van der Waals surface area contributed by atoms with Crippen molar-refractivity contribution in [3.8, 4) is 11.6 Å². The Morgan fingerprint density at radius 2 is 1.61 bits per heavy atom. The minimum Gasteiger partial charge on any atom is -0.493 e. The van der Waals surface area contributed by atoms with Gasteiger partial charge in [0.25, 0.3) is 9.84 Å². The summed E-state index contributed by atoms with van der Waals surface area (Å²) in [5.41, 5.74) is -6.03. The van der Waals surface area contributed by atoms with E-state index in [1.54, 1.807) is 26.4 Å². The molecule has 0 bridgehead atoms. The molecule has 0 amide bonds. The lowest BCUT2D eigenvalue weighted by atomic mass is 9.76. The van der Waals surface area contributed by atoms with Crippen LogP contribution in [-0.4, -0.2) is 40.2 Å². The molecular weight excluding hydrogens is 497 g/mol. The highest BCUT2D eigenvalue weighted by Gasteiger charge is 2.47. The highest BCUT2D eigenvalue weighted by atomic mass is 32.2. The number of sulfone groups is 1. The number of alkyl halides is 3. The molecule has 8 nitrogen and oxygen atoms in total. The van der Waals surface area contributed by atoms with Crippen molar-refractivity contribution in [1.29, 1.82) is 0 Å². The van der Waals surface area contributed by atoms with Crippen molar-refractivity contribution >= 4 is 9.84 Å².